The molecule has 1 N–H and O–H groups in total. The Hall–Kier alpha value is -3.15. The second-order valence-corrected chi connectivity index (χ2v) is 8.37. The van der Waals surface area contributed by atoms with Crippen LogP contribution in [0.25, 0.3) is 0 Å². The lowest BCUT2D eigenvalue weighted by Gasteiger charge is -2.10. The molecule has 0 amide bonds. The van der Waals surface area contributed by atoms with Gasteiger partial charge in [-0.15, -0.1) is 15.3 Å². The monoisotopic (exact) mass is 450 g/mol. The first kappa shape index (κ1) is 21.1. The highest BCUT2D eigenvalue weighted by atomic mass is 32.1. The minimum atomic E-state index is -2.87. The molecule has 0 bridgehead atoms. The number of hydrogen-bond acceptors (Lipinski definition) is 9. The van der Waals surface area contributed by atoms with Crippen LogP contribution in [-0.2, 0) is 13.6 Å². The summed E-state index contributed by atoms with van der Waals surface area (Å²) >= 11 is 1.45. The molecule has 0 aliphatic heterocycles. The topological polar surface area (TPSA) is 104 Å². The third-order valence-corrected chi connectivity index (χ3v) is 5.61. The summed E-state index contributed by atoms with van der Waals surface area (Å²) < 4.78 is 35.8. The van der Waals surface area contributed by atoms with Gasteiger partial charge in [0, 0.05) is 30.6 Å². The lowest BCUT2D eigenvalue weighted by Crippen LogP contribution is -2.24. The first-order chi connectivity index (χ1) is 14.9. The first-order valence-electron chi connectivity index (χ1n) is 9.54. The van der Waals surface area contributed by atoms with E-state index >= 15 is 0 Å². The molecule has 1 aliphatic rings. The van der Waals surface area contributed by atoms with Crippen molar-refractivity contribution in [2.24, 2.45) is 13.0 Å². The molecule has 1 saturated carbocycles. The maximum atomic E-state index is 12.3. The van der Waals surface area contributed by atoms with Crippen molar-refractivity contribution in [1.29, 1.82) is 0 Å². The van der Waals surface area contributed by atoms with E-state index in [2.05, 4.69) is 30.3 Å². The molecule has 3 heterocycles. The summed E-state index contributed by atoms with van der Waals surface area (Å²) in [5.41, 5.74) is 0.899. The van der Waals surface area contributed by atoms with Crippen molar-refractivity contribution in [1.82, 2.24) is 25.0 Å². The first-order valence-corrected chi connectivity index (χ1v) is 10.4. The lowest BCUT2D eigenvalue weighted by atomic mass is 10.2. The van der Waals surface area contributed by atoms with E-state index in [0.29, 0.717) is 24.7 Å². The van der Waals surface area contributed by atoms with Crippen LogP contribution >= 0.6 is 11.3 Å². The lowest BCUT2D eigenvalue weighted by molar-refractivity contribution is -0.0500. The quantitative estimate of drug-likeness (QED) is 0.531. The maximum absolute atomic E-state index is 12.3. The number of aryl methyl sites for hydroxylation is 2. The van der Waals surface area contributed by atoms with Crippen molar-refractivity contribution in [3.8, 4) is 11.6 Å². The number of ether oxygens (including phenoxy) is 2. The van der Waals surface area contributed by atoms with E-state index in [0.717, 1.165) is 22.1 Å². The van der Waals surface area contributed by atoms with Crippen LogP contribution < -0.4 is 20.3 Å². The molecular formula is C19H20F2N6O3S. The summed E-state index contributed by atoms with van der Waals surface area (Å²) in [6.45, 7) is -0.218. The molecule has 1 aliphatic carbocycles. The van der Waals surface area contributed by atoms with Crippen LogP contribution in [0.3, 0.4) is 0 Å². The molecule has 1 fully saturated rings. The zero-order chi connectivity index (χ0) is 22.0. The third-order valence-electron chi connectivity index (χ3n) is 4.77. The molecular weight excluding hydrogens is 430 g/mol. The fourth-order valence-electron chi connectivity index (χ4n) is 3.13. The van der Waals surface area contributed by atoms with Crippen LogP contribution in [0.1, 0.15) is 28.0 Å². The average Bonchev–Trinajstić information content (AvgIpc) is 3.39. The molecule has 3 aromatic rings. The van der Waals surface area contributed by atoms with E-state index in [1.807, 2.05) is 6.92 Å². The number of anilines is 1. The van der Waals surface area contributed by atoms with Gasteiger partial charge in [-0.25, -0.2) is 4.68 Å². The molecule has 12 heteroatoms. The van der Waals surface area contributed by atoms with Crippen LogP contribution in [0.2, 0.25) is 0 Å². The van der Waals surface area contributed by atoms with Crippen molar-refractivity contribution in [3.63, 3.8) is 0 Å². The standard InChI is InChI=1S/C19H20F2N6O3S/c1-10-24-25-17(31-10)8-23-15-6-16(26-27(2)18(15)28)29-9-11-5-13(11)14-4-3-12(7-22-14)30-19(20)21/h3-4,6-7,11,13,19,23H,5,8-9H2,1-2H3. The molecule has 9 nitrogen and oxygen atoms in total. The largest absolute Gasteiger partial charge is 0.476 e. The van der Waals surface area contributed by atoms with Gasteiger partial charge in [0.25, 0.3) is 5.56 Å². The number of nitrogens with one attached hydrogen (secondary N) is 1. The van der Waals surface area contributed by atoms with Crippen molar-refractivity contribution in [2.45, 2.75) is 32.4 Å². The molecule has 164 valence electrons. The Labute approximate surface area is 180 Å². The highest BCUT2D eigenvalue weighted by Gasteiger charge is 2.40. The number of alkyl halides is 2. The molecule has 0 radical (unpaired) electrons. The predicted molar refractivity (Wildman–Crippen MR) is 109 cm³/mol. The zero-order valence-electron chi connectivity index (χ0n) is 16.8. The van der Waals surface area contributed by atoms with Crippen LogP contribution in [0, 0.1) is 12.8 Å². The number of nitrogens with zero attached hydrogens (tertiary/aromatic N) is 5. The second kappa shape index (κ2) is 8.92. The molecule has 0 aromatic carbocycles. The number of rotatable bonds is 9. The summed E-state index contributed by atoms with van der Waals surface area (Å²) in [6, 6.07) is 4.74. The number of pyridine rings is 1. The van der Waals surface area contributed by atoms with Crippen LogP contribution in [0.4, 0.5) is 14.5 Å². The van der Waals surface area contributed by atoms with Crippen LogP contribution in [0.15, 0.2) is 29.2 Å². The van der Waals surface area contributed by atoms with Gasteiger partial charge < -0.3 is 14.8 Å². The van der Waals surface area contributed by atoms with Gasteiger partial charge in [-0.1, -0.05) is 11.3 Å². The minimum Gasteiger partial charge on any atom is -0.476 e. The zero-order valence-corrected chi connectivity index (χ0v) is 17.6. The molecule has 4 rings (SSSR count). The Balaban J connectivity index is 1.33. The van der Waals surface area contributed by atoms with Gasteiger partial charge in [-0.05, 0) is 25.5 Å². The predicted octanol–water partition coefficient (Wildman–Crippen LogP) is 2.73. The average molecular weight is 450 g/mol. The summed E-state index contributed by atoms with van der Waals surface area (Å²) in [7, 11) is 1.56. The van der Waals surface area contributed by atoms with E-state index in [1.165, 1.54) is 28.3 Å². The SMILES string of the molecule is Cc1nnc(CNc2cc(OCC3CC3c3ccc(OC(F)F)cn3)nn(C)c2=O)s1. The summed E-state index contributed by atoms with van der Waals surface area (Å²) in [5, 5.41) is 16.8. The van der Waals surface area contributed by atoms with Crippen molar-refractivity contribution >= 4 is 17.0 Å². The molecule has 3 aromatic heterocycles. The van der Waals surface area contributed by atoms with Crippen LogP contribution in [-0.4, -0.2) is 38.2 Å². The minimum absolute atomic E-state index is 0.0327. The maximum Gasteiger partial charge on any atom is 0.387 e. The van der Waals surface area contributed by atoms with Crippen molar-refractivity contribution in [3.05, 3.63) is 50.5 Å². The van der Waals surface area contributed by atoms with Crippen molar-refractivity contribution < 1.29 is 18.3 Å². The smallest absolute Gasteiger partial charge is 0.387 e. The van der Waals surface area contributed by atoms with Gasteiger partial charge >= 0.3 is 6.61 Å². The Morgan fingerprint density at radius 1 is 1.35 bits per heavy atom. The van der Waals surface area contributed by atoms with Crippen molar-refractivity contribution in [2.75, 3.05) is 11.9 Å². The summed E-state index contributed by atoms with van der Waals surface area (Å²) in [4.78, 5) is 16.5. The van der Waals surface area contributed by atoms with Gasteiger partial charge in [0.2, 0.25) is 5.88 Å². The summed E-state index contributed by atoms with van der Waals surface area (Å²) in [6.07, 6.45) is 2.17. The molecule has 31 heavy (non-hydrogen) atoms. The van der Waals surface area contributed by atoms with E-state index in [1.54, 1.807) is 19.2 Å². The number of aromatic nitrogens is 5. The van der Waals surface area contributed by atoms with E-state index in [-0.39, 0.29) is 23.1 Å². The third kappa shape index (κ3) is 5.32. The number of hydrogen-bond donors (Lipinski definition) is 1. The van der Waals surface area contributed by atoms with Crippen LogP contribution in [0.5, 0.6) is 11.6 Å². The Morgan fingerprint density at radius 2 is 2.19 bits per heavy atom. The van der Waals surface area contributed by atoms with E-state index in [4.69, 9.17) is 4.74 Å². The van der Waals surface area contributed by atoms with Gasteiger partial charge in [0.05, 0.1) is 19.3 Å². The Bertz CT molecular complexity index is 1100. The fraction of sp³-hybridized carbons (Fsp3) is 0.421. The highest BCUT2D eigenvalue weighted by Crippen LogP contribution is 2.46. The summed E-state index contributed by atoms with van der Waals surface area (Å²) in [5.74, 6) is 0.781. The molecule has 0 saturated heterocycles. The van der Waals surface area contributed by atoms with Gasteiger partial charge in [0.15, 0.2) is 0 Å². The van der Waals surface area contributed by atoms with E-state index in [9.17, 15) is 13.6 Å². The Morgan fingerprint density at radius 3 is 2.87 bits per heavy atom. The van der Waals surface area contributed by atoms with Gasteiger partial charge in [-0.2, -0.15) is 8.78 Å². The second-order valence-electron chi connectivity index (χ2n) is 7.10. The fourth-order valence-corrected chi connectivity index (χ4v) is 3.78. The Kier molecular flexibility index (Phi) is 6.07. The van der Waals surface area contributed by atoms with E-state index < -0.39 is 6.61 Å². The molecule has 2 atom stereocenters. The number of halogens is 2. The molecule has 2 unspecified atom stereocenters. The van der Waals surface area contributed by atoms with Gasteiger partial charge in [0.1, 0.15) is 21.5 Å². The van der Waals surface area contributed by atoms with Gasteiger partial charge in [-0.3, -0.25) is 9.78 Å². The normalized spacial score (nSPS) is 17.6. The highest BCUT2D eigenvalue weighted by molar-refractivity contribution is 7.11. The molecule has 0 spiro atoms.